The largest absolute Gasteiger partial charge is 0.493 e. The molecule has 0 bridgehead atoms. The Morgan fingerprint density at radius 3 is 2.89 bits per heavy atom. The second-order valence-corrected chi connectivity index (χ2v) is 7.97. The maximum absolute atomic E-state index is 12.3. The van der Waals surface area contributed by atoms with Gasteiger partial charge in [-0.3, -0.25) is 4.79 Å². The van der Waals surface area contributed by atoms with Gasteiger partial charge in [-0.15, -0.1) is 6.42 Å². The van der Waals surface area contributed by atoms with E-state index >= 15 is 0 Å². The van der Waals surface area contributed by atoms with Crippen molar-refractivity contribution in [3.05, 3.63) is 28.6 Å². The van der Waals surface area contributed by atoms with E-state index < -0.39 is 0 Å². The van der Waals surface area contributed by atoms with Crippen molar-refractivity contribution in [2.45, 2.75) is 31.6 Å². The number of ether oxygens (including phenoxy) is 2. The number of nitrogens with zero attached hydrogens (tertiary/aromatic N) is 2. The maximum atomic E-state index is 12.3. The number of benzene rings is 1. The second-order valence-electron chi connectivity index (χ2n) is 6.96. The van der Waals surface area contributed by atoms with Crippen molar-refractivity contribution in [3.63, 3.8) is 0 Å². The standard InChI is InChI=1S/C21H23N3O3S/c1-3-11-27-16-8-7-14(12-17(16)26-2)15-13-18(25)22-20-19(15)28-21(23-20)24-9-5-4-6-10-24/h1,7-8,12,15H,4-6,9-11,13H2,2H3,(H,22,25)/t15-/m1/s1. The van der Waals surface area contributed by atoms with Gasteiger partial charge in [0.15, 0.2) is 16.6 Å². The number of amides is 1. The third-order valence-electron chi connectivity index (χ3n) is 5.13. The summed E-state index contributed by atoms with van der Waals surface area (Å²) in [6.07, 6.45) is 9.32. The van der Waals surface area contributed by atoms with Gasteiger partial charge in [0, 0.05) is 25.4 Å². The van der Waals surface area contributed by atoms with Crippen LogP contribution in [0.25, 0.3) is 0 Å². The van der Waals surface area contributed by atoms with Gasteiger partial charge in [0.05, 0.1) is 12.0 Å². The second kappa shape index (κ2) is 8.11. The molecule has 0 radical (unpaired) electrons. The summed E-state index contributed by atoms with van der Waals surface area (Å²) in [5.74, 6) is 4.30. The van der Waals surface area contributed by atoms with Crippen LogP contribution >= 0.6 is 11.3 Å². The number of hydrogen-bond donors (Lipinski definition) is 1. The van der Waals surface area contributed by atoms with Crippen LogP contribution in [0, 0.1) is 12.3 Å². The lowest BCUT2D eigenvalue weighted by atomic mass is 9.91. The summed E-state index contributed by atoms with van der Waals surface area (Å²) in [6.45, 7) is 2.24. The number of carbonyl (C=O) groups is 1. The van der Waals surface area contributed by atoms with E-state index in [4.69, 9.17) is 20.9 Å². The van der Waals surface area contributed by atoms with Gasteiger partial charge in [-0.1, -0.05) is 23.3 Å². The first-order chi connectivity index (χ1) is 13.7. The molecule has 2 aliphatic rings. The van der Waals surface area contributed by atoms with Gasteiger partial charge in [-0.2, -0.15) is 0 Å². The number of terminal acetylenes is 1. The minimum absolute atomic E-state index is 0.0142. The van der Waals surface area contributed by atoms with Gasteiger partial charge < -0.3 is 19.7 Å². The molecular formula is C21H23N3O3S. The van der Waals surface area contributed by atoms with Crippen LogP contribution in [0.4, 0.5) is 10.9 Å². The van der Waals surface area contributed by atoms with Crippen molar-refractivity contribution < 1.29 is 14.3 Å². The molecule has 1 amide bonds. The van der Waals surface area contributed by atoms with Crippen molar-refractivity contribution in [3.8, 4) is 23.8 Å². The van der Waals surface area contributed by atoms with Crippen molar-refractivity contribution in [2.75, 3.05) is 37.0 Å². The molecule has 4 rings (SSSR count). The van der Waals surface area contributed by atoms with E-state index in [1.54, 1.807) is 18.4 Å². The Bertz CT molecular complexity index is 912. The number of rotatable bonds is 5. The van der Waals surface area contributed by atoms with Gasteiger partial charge in [0.25, 0.3) is 0 Å². The summed E-state index contributed by atoms with van der Waals surface area (Å²) in [5, 5.41) is 3.94. The predicted octanol–water partition coefficient (Wildman–Crippen LogP) is 3.63. The molecule has 146 valence electrons. The smallest absolute Gasteiger partial charge is 0.226 e. The number of methoxy groups -OCH3 is 1. The van der Waals surface area contributed by atoms with Crippen LogP contribution in [0.2, 0.25) is 0 Å². The Morgan fingerprint density at radius 2 is 2.14 bits per heavy atom. The van der Waals surface area contributed by atoms with Crippen LogP contribution in [0.15, 0.2) is 18.2 Å². The minimum Gasteiger partial charge on any atom is -0.493 e. The molecule has 2 aromatic rings. The number of thiazole rings is 1. The summed E-state index contributed by atoms with van der Waals surface area (Å²) in [7, 11) is 1.60. The van der Waals surface area contributed by atoms with E-state index in [2.05, 4.69) is 16.1 Å². The fourth-order valence-corrected chi connectivity index (χ4v) is 4.94. The molecule has 0 aliphatic carbocycles. The number of aromatic nitrogens is 1. The van der Waals surface area contributed by atoms with Gasteiger partial charge in [-0.05, 0) is 37.0 Å². The van der Waals surface area contributed by atoms with Crippen molar-refractivity contribution in [1.82, 2.24) is 4.98 Å². The molecule has 1 atom stereocenters. The lowest BCUT2D eigenvalue weighted by molar-refractivity contribution is -0.116. The highest BCUT2D eigenvalue weighted by Crippen LogP contribution is 2.45. The molecule has 0 spiro atoms. The molecule has 0 unspecified atom stereocenters. The van der Waals surface area contributed by atoms with Crippen LogP contribution in [0.5, 0.6) is 11.5 Å². The SMILES string of the molecule is C#CCOc1ccc([C@H]2CC(=O)Nc3nc(N4CCCCC4)sc32)cc1OC. The topological polar surface area (TPSA) is 63.7 Å². The highest BCUT2D eigenvalue weighted by atomic mass is 32.1. The number of piperidine rings is 1. The monoisotopic (exact) mass is 397 g/mol. The van der Waals surface area contributed by atoms with E-state index in [0.29, 0.717) is 23.7 Å². The van der Waals surface area contributed by atoms with Crippen LogP contribution in [0.1, 0.15) is 42.0 Å². The summed E-state index contributed by atoms with van der Waals surface area (Å²) >= 11 is 1.68. The van der Waals surface area contributed by atoms with E-state index in [-0.39, 0.29) is 18.4 Å². The molecule has 0 saturated carbocycles. The molecule has 7 heteroatoms. The lowest BCUT2D eigenvalue weighted by Crippen LogP contribution is -2.29. The first-order valence-electron chi connectivity index (χ1n) is 9.49. The molecule has 1 saturated heterocycles. The summed E-state index contributed by atoms with van der Waals surface area (Å²) in [4.78, 5) is 20.5. The quantitative estimate of drug-likeness (QED) is 0.781. The zero-order valence-electron chi connectivity index (χ0n) is 15.9. The number of anilines is 2. The van der Waals surface area contributed by atoms with E-state index in [0.717, 1.165) is 28.7 Å². The predicted molar refractivity (Wildman–Crippen MR) is 111 cm³/mol. The van der Waals surface area contributed by atoms with E-state index in [1.807, 2.05) is 18.2 Å². The molecule has 28 heavy (non-hydrogen) atoms. The first-order valence-corrected chi connectivity index (χ1v) is 10.3. The molecule has 6 nitrogen and oxygen atoms in total. The third-order valence-corrected chi connectivity index (χ3v) is 6.36. The van der Waals surface area contributed by atoms with Crippen LogP contribution in [-0.4, -0.2) is 37.7 Å². The highest BCUT2D eigenvalue weighted by molar-refractivity contribution is 7.16. The van der Waals surface area contributed by atoms with Gasteiger partial charge >= 0.3 is 0 Å². The zero-order valence-corrected chi connectivity index (χ0v) is 16.7. The minimum atomic E-state index is -0.0459. The average molecular weight is 398 g/mol. The fourth-order valence-electron chi connectivity index (χ4n) is 3.74. The van der Waals surface area contributed by atoms with Crippen molar-refractivity contribution in [2.24, 2.45) is 0 Å². The van der Waals surface area contributed by atoms with E-state index in [1.165, 1.54) is 19.3 Å². The molecule has 1 fully saturated rings. The Kier molecular flexibility index (Phi) is 5.40. The van der Waals surface area contributed by atoms with E-state index in [9.17, 15) is 4.79 Å². The zero-order chi connectivity index (χ0) is 19.5. The molecular weight excluding hydrogens is 374 g/mol. The van der Waals surface area contributed by atoms with Crippen LogP contribution in [-0.2, 0) is 4.79 Å². The summed E-state index contributed by atoms with van der Waals surface area (Å²) < 4.78 is 11.0. The highest BCUT2D eigenvalue weighted by Gasteiger charge is 2.32. The molecule has 1 aromatic carbocycles. The fraction of sp³-hybridized carbons (Fsp3) is 0.429. The van der Waals surface area contributed by atoms with Gasteiger partial charge in [-0.25, -0.2) is 4.98 Å². The summed E-state index contributed by atoms with van der Waals surface area (Å²) in [6, 6.07) is 5.76. The number of fused-ring (bicyclic) bond motifs is 1. The normalized spacial score (nSPS) is 18.8. The van der Waals surface area contributed by atoms with Crippen LogP contribution < -0.4 is 19.7 Å². The average Bonchev–Trinajstić information content (AvgIpc) is 3.16. The lowest BCUT2D eigenvalue weighted by Gasteiger charge is -2.25. The van der Waals surface area contributed by atoms with Crippen molar-refractivity contribution in [1.29, 1.82) is 0 Å². The van der Waals surface area contributed by atoms with Crippen LogP contribution in [0.3, 0.4) is 0 Å². The molecule has 1 aromatic heterocycles. The van der Waals surface area contributed by atoms with Gasteiger partial charge in [0.2, 0.25) is 5.91 Å². The maximum Gasteiger partial charge on any atom is 0.226 e. The Hall–Kier alpha value is -2.72. The van der Waals surface area contributed by atoms with Gasteiger partial charge in [0.1, 0.15) is 12.4 Å². The number of hydrogen-bond acceptors (Lipinski definition) is 6. The number of carbonyl (C=O) groups excluding carboxylic acids is 1. The van der Waals surface area contributed by atoms with Crippen molar-refractivity contribution >= 4 is 28.2 Å². The Balaban J connectivity index is 1.66. The molecule has 2 aliphatic heterocycles. The Morgan fingerprint density at radius 1 is 1.32 bits per heavy atom. The molecule has 1 N–H and O–H groups in total. The third kappa shape index (κ3) is 3.65. The molecule has 3 heterocycles. The first kappa shape index (κ1) is 18.6. The summed E-state index contributed by atoms with van der Waals surface area (Å²) in [5.41, 5.74) is 1.01. The Labute approximate surface area is 168 Å². The number of nitrogens with one attached hydrogen (secondary N) is 1.